The van der Waals surface area contributed by atoms with Crippen molar-refractivity contribution in [2.75, 3.05) is 11.4 Å². The van der Waals surface area contributed by atoms with Crippen molar-refractivity contribution in [3.8, 4) is 0 Å². The number of aryl methyl sites for hydroxylation is 1. The van der Waals surface area contributed by atoms with Gasteiger partial charge in [0.1, 0.15) is 0 Å². The first-order chi connectivity index (χ1) is 8.80. The van der Waals surface area contributed by atoms with E-state index in [4.69, 9.17) is 0 Å². The molecule has 1 aliphatic heterocycles. The maximum atomic E-state index is 12.5. The van der Waals surface area contributed by atoms with E-state index in [1.807, 2.05) is 43.9 Å². The van der Waals surface area contributed by atoms with Crippen molar-refractivity contribution in [2.45, 2.75) is 40.5 Å². The number of fused-ring (bicyclic) bond motifs is 1. The van der Waals surface area contributed by atoms with Crippen molar-refractivity contribution in [3.05, 3.63) is 29.3 Å². The summed E-state index contributed by atoms with van der Waals surface area (Å²) in [7, 11) is 0. The fourth-order valence-electron chi connectivity index (χ4n) is 2.43. The standard InChI is InChI=1S/C16H21NO2/c1-11(18)12-7-8-14-13(10-12)6-5-9-17(14)15(19)16(2,3)4/h7-8,10H,5-6,9H2,1-4H3. The van der Waals surface area contributed by atoms with Crippen molar-refractivity contribution in [1.29, 1.82) is 0 Å². The molecule has 1 amide bonds. The highest BCUT2D eigenvalue weighted by Crippen LogP contribution is 2.31. The fraction of sp³-hybridized carbons (Fsp3) is 0.500. The van der Waals surface area contributed by atoms with Gasteiger partial charge in [0.05, 0.1) is 0 Å². The fourth-order valence-corrected chi connectivity index (χ4v) is 2.43. The summed E-state index contributed by atoms with van der Waals surface area (Å²) >= 11 is 0. The molecule has 0 fully saturated rings. The Morgan fingerprint density at radius 3 is 2.47 bits per heavy atom. The largest absolute Gasteiger partial charge is 0.312 e. The molecule has 3 nitrogen and oxygen atoms in total. The summed E-state index contributed by atoms with van der Waals surface area (Å²) < 4.78 is 0. The van der Waals surface area contributed by atoms with Crippen LogP contribution in [-0.4, -0.2) is 18.2 Å². The van der Waals surface area contributed by atoms with Gasteiger partial charge in [0.15, 0.2) is 5.78 Å². The number of Topliss-reactive ketones (excluding diaryl/α,β-unsaturated/α-hetero) is 1. The molecule has 0 unspecified atom stereocenters. The number of benzene rings is 1. The summed E-state index contributed by atoms with van der Waals surface area (Å²) in [4.78, 5) is 25.7. The Kier molecular flexibility index (Phi) is 3.48. The Labute approximate surface area is 114 Å². The van der Waals surface area contributed by atoms with Gasteiger partial charge in [0.2, 0.25) is 5.91 Å². The number of amides is 1. The lowest BCUT2D eigenvalue weighted by atomic mass is 9.91. The summed E-state index contributed by atoms with van der Waals surface area (Å²) in [5.74, 6) is 0.214. The number of nitrogens with zero attached hydrogens (tertiary/aromatic N) is 1. The van der Waals surface area contributed by atoms with Gasteiger partial charge in [-0.15, -0.1) is 0 Å². The van der Waals surface area contributed by atoms with Gasteiger partial charge in [0, 0.05) is 23.2 Å². The predicted octanol–water partition coefficient (Wildman–Crippen LogP) is 3.21. The van der Waals surface area contributed by atoms with Gasteiger partial charge < -0.3 is 4.90 Å². The summed E-state index contributed by atoms with van der Waals surface area (Å²) in [5.41, 5.74) is 2.42. The van der Waals surface area contributed by atoms with Gasteiger partial charge in [-0.1, -0.05) is 20.8 Å². The Morgan fingerprint density at radius 2 is 1.89 bits per heavy atom. The number of anilines is 1. The first kappa shape index (κ1) is 13.8. The molecule has 102 valence electrons. The van der Waals surface area contributed by atoms with Crippen LogP contribution in [0, 0.1) is 5.41 Å². The van der Waals surface area contributed by atoms with Crippen LogP contribution in [0.1, 0.15) is 50.0 Å². The minimum absolute atomic E-state index is 0.0714. The third-order valence-corrected chi connectivity index (χ3v) is 3.49. The molecule has 0 aliphatic carbocycles. The number of hydrogen-bond acceptors (Lipinski definition) is 2. The average Bonchev–Trinajstić information content (AvgIpc) is 2.35. The molecular formula is C16H21NO2. The second kappa shape index (κ2) is 4.80. The van der Waals surface area contributed by atoms with Gasteiger partial charge in [-0.2, -0.15) is 0 Å². The zero-order valence-electron chi connectivity index (χ0n) is 12.1. The van der Waals surface area contributed by atoms with Crippen molar-refractivity contribution in [2.24, 2.45) is 5.41 Å². The van der Waals surface area contributed by atoms with Gasteiger partial charge in [-0.25, -0.2) is 0 Å². The molecule has 1 aromatic carbocycles. The van der Waals surface area contributed by atoms with E-state index in [2.05, 4.69) is 0 Å². The van der Waals surface area contributed by atoms with Crippen molar-refractivity contribution >= 4 is 17.4 Å². The highest BCUT2D eigenvalue weighted by atomic mass is 16.2. The molecule has 1 heterocycles. The van der Waals surface area contributed by atoms with Gasteiger partial charge in [-0.3, -0.25) is 9.59 Å². The molecule has 2 rings (SSSR count). The molecule has 0 radical (unpaired) electrons. The van der Waals surface area contributed by atoms with Gasteiger partial charge in [-0.05, 0) is 43.5 Å². The minimum atomic E-state index is -0.381. The lowest BCUT2D eigenvalue weighted by Crippen LogP contribution is -2.42. The molecule has 0 N–H and O–H groups in total. The van der Waals surface area contributed by atoms with Crippen molar-refractivity contribution in [1.82, 2.24) is 0 Å². The number of ketones is 1. The van der Waals surface area contributed by atoms with Crippen LogP contribution in [0.2, 0.25) is 0 Å². The third-order valence-electron chi connectivity index (χ3n) is 3.49. The second-order valence-corrected chi connectivity index (χ2v) is 6.21. The molecule has 0 spiro atoms. The monoisotopic (exact) mass is 259 g/mol. The van der Waals surface area contributed by atoms with Crippen molar-refractivity contribution in [3.63, 3.8) is 0 Å². The smallest absolute Gasteiger partial charge is 0.232 e. The van der Waals surface area contributed by atoms with E-state index < -0.39 is 0 Å². The van der Waals surface area contributed by atoms with Gasteiger partial charge >= 0.3 is 0 Å². The van der Waals surface area contributed by atoms with Crippen LogP contribution in [0.25, 0.3) is 0 Å². The Balaban J connectivity index is 2.40. The van der Waals surface area contributed by atoms with E-state index in [-0.39, 0.29) is 17.1 Å². The number of carbonyl (C=O) groups is 2. The number of hydrogen-bond donors (Lipinski definition) is 0. The van der Waals surface area contributed by atoms with Crippen LogP contribution in [0.5, 0.6) is 0 Å². The third kappa shape index (κ3) is 2.70. The predicted molar refractivity (Wildman–Crippen MR) is 76.6 cm³/mol. The number of rotatable bonds is 1. The molecule has 19 heavy (non-hydrogen) atoms. The van der Waals surface area contributed by atoms with Crippen LogP contribution in [0.15, 0.2) is 18.2 Å². The zero-order chi connectivity index (χ0) is 14.2. The average molecular weight is 259 g/mol. The normalized spacial score (nSPS) is 15.1. The maximum Gasteiger partial charge on any atom is 0.232 e. The van der Waals surface area contributed by atoms with E-state index in [1.54, 1.807) is 6.92 Å². The quantitative estimate of drug-likeness (QED) is 0.726. The number of carbonyl (C=O) groups excluding carboxylic acids is 2. The van der Waals surface area contributed by atoms with E-state index in [0.29, 0.717) is 0 Å². The van der Waals surface area contributed by atoms with Crippen LogP contribution in [0.3, 0.4) is 0 Å². The zero-order valence-corrected chi connectivity index (χ0v) is 12.1. The summed E-state index contributed by atoms with van der Waals surface area (Å²) in [5, 5.41) is 0. The molecule has 0 bridgehead atoms. The Hall–Kier alpha value is -1.64. The second-order valence-electron chi connectivity index (χ2n) is 6.21. The first-order valence-corrected chi connectivity index (χ1v) is 6.76. The summed E-state index contributed by atoms with van der Waals surface area (Å²) in [6.45, 7) is 8.15. The van der Waals surface area contributed by atoms with Crippen LogP contribution in [-0.2, 0) is 11.2 Å². The molecule has 1 aromatic rings. The maximum absolute atomic E-state index is 12.5. The molecule has 0 saturated heterocycles. The van der Waals surface area contributed by atoms with Crippen LogP contribution >= 0.6 is 0 Å². The molecule has 1 aliphatic rings. The lowest BCUT2D eigenvalue weighted by Gasteiger charge is -2.34. The van der Waals surface area contributed by atoms with Crippen LogP contribution < -0.4 is 4.90 Å². The van der Waals surface area contributed by atoms with E-state index in [0.717, 1.165) is 36.2 Å². The van der Waals surface area contributed by atoms with E-state index in [9.17, 15) is 9.59 Å². The summed E-state index contributed by atoms with van der Waals surface area (Å²) in [6.07, 6.45) is 1.89. The SMILES string of the molecule is CC(=O)c1ccc2c(c1)CCCN2C(=O)C(C)(C)C. The molecule has 0 aromatic heterocycles. The van der Waals surface area contributed by atoms with Gasteiger partial charge in [0.25, 0.3) is 0 Å². The first-order valence-electron chi connectivity index (χ1n) is 6.76. The molecular weight excluding hydrogens is 238 g/mol. The highest BCUT2D eigenvalue weighted by Gasteiger charge is 2.31. The highest BCUT2D eigenvalue weighted by molar-refractivity contribution is 5.99. The van der Waals surface area contributed by atoms with E-state index in [1.165, 1.54) is 0 Å². The topological polar surface area (TPSA) is 37.4 Å². The molecule has 0 atom stereocenters. The Morgan fingerprint density at radius 1 is 1.21 bits per heavy atom. The summed E-state index contributed by atoms with van der Waals surface area (Å²) in [6, 6.07) is 5.66. The van der Waals surface area contributed by atoms with E-state index >= 15 is 0 Å². The Bertz CT molecular complexity index is 526. The lowest BCUT2D eigenvalue weighted by molar-refractivity contribution is -0.125. The minimum Gasteiger partial charge on any atom is -0.312 e. The van der Waals surface area contributed by atoms with Crippen molar-refractivity contribution < 1.29 is 9.59 Å². The molecule has 3 heteroatoms. The molecule has 0 saturated carbocycles. The van der Waals surface area contributed by atoms with Crippen LogP contribution in [0.4, 0.5) is 5.69 Å².